The molecule has 0 aliphatic heterocycles. The van der Waals surface area contributed by atoms with Crippen molar-refractivity contribution in [3.05, 3.63) is 0 Å². The lowest BCUT2D eigenvalue weighted by Gasteiger charge is -2.25. The lowest BCUT2D eigenvalue weighted by molar-refractivity contribution is -0.126. The van der Waals surface area contributed by atoms with Gasteiger partial charge in [-0.15, -0.1) is 0 Å². The van der Waals surface area contributed by atoms with Crippen LogP contribution in [-0.4, -0.2) is 61.4 Å². The van der Waals surface area contributed by atoms with Crippen molar-refractivity contribution in [2.24, 2.45) is 0 Å². The quantitative estimate of drug-likeness (QED) is 0.565. The van der Waals surface area contributed by atoms with Crippen LogP contribution in [0.4, 0.5) is 0 Å². The lowest BCUT2D eigenvalue weighted by Crippen LogP contribution is -2.47. The summed E-state index contributed by atoms with van der Waals surface area (Å²) in [6.07, 6.45) is 1.91. The maximum Gasteiger partial charge on any atom is 0.237 e. The highest BCUT2D eigenvalue weighted by Gasteiger charge is 2.19. The van der Waals surface area contributed by atoms with Gasteiger partial charge in [0.1, 0.15) is 0 Å². The normalized spacial score (nSPS) is 13.1. The van der Waals surface area contributed by atoms with E-state index < -0.39 is 0 Å². The number of rotatable bonds is 10. The predicted octanol–water partition coefficient (Wildman–Crippen LogP) is 0.620. The van der Waals surface area contributed by atoms with Gasteiger partial charge in [-0.25, -0.2) is 0 Å². The van der Waals surface area contributed by atoms with Gasteiger partial charge in [-0.1, -0.05) is 13.8 Å². The second-order valence-electron chi connectivity index (χ2n) is 4.51. The number of hydrogen-bond acceptors (Lipinski definition) is 4. The van der Waals surface area contributed by atoms with Crippen molar-refractivity contribution in [2.75, 3.05) is 33.4 Å². The molecule has 18 heavy (non-hydrogen) atoms. The molecule has 0 spiro atoms. The molecule has 2 N–H and O–H groups in total. The van der Waals surface area contributed by atoms with Gasteiger partial charge >= 0.3 is 0 Å². The number of ether oxygens (including phenoxy) is 1. The van der Waals surface area contributed by atoms with Crippen LogP contribution >= 0.6 is 0 Å². The maximum atomic E-state index is 12.0. The van der Waals surface area contributed by atoms with Gasteiger partial charge in [-0.2, -0.15) is 0 Å². The first-order valence-corrected chi connectivity index (χ1v) is 6.75. The second kappa shape index (κ2) is 10.3. The molecule has 1 unspecified atom stereocenters. The Hall–Kier alpha value is -0.650. The number of hydrogen-bond donors (Lipinski definition) is 2. The van der Waals surface area contributed by atoms with Crippen molar-refractivity contribution < 1.29 is 14.6 Å². The molecular weight excluding hydrogens is 232 g/mol. The number of carbonyl (C=O) groups is 1. The summed E-state index contributed by atoms with van der Waals surface area (Å²) in [5.74, 6) is 0.0633. The monoisotopic (exact) mass is 260 g/mol. The molecule has 0 bridgehead atoms. The van der Waals surface area contributed by atoms with Crippen molar-refractivity contribution in [1.82, 2.24) is 10.2 Å². The summed E-state index contributed by atoms with van der Waals surface area (Å²) in [6.45, 7) is 7.63. The zero-order chi connectivity index (χ0) is 14.0. The van der Waals surface area contributed by atoms with Gasteiger partial charge in [0.2, 0.25) is 5.91 Å². The van der Waals surface area contributed by atoms with E-state index in [9.17, 15) is 4.79 Å². The summed E-state index contributed by atoms with van der Waals surface area (Å²) < 4.78 is 5.18. The Morgan fingerprint density at radius 2 is 1.94 bits per heavy atom. The Balaban J connectivity index is 3.95. The first-order valence-electron chi connectivity index (χ1n) is 6.75. The van der Waals surface area contributed by atoms with Crippen LogP contribution < -0.4 is 5.32 Å². The van der Waals surface area contributed by atoms with Crippen molar-refractivity contribution in [3.63, 3.8) is 0 Å². The summed E-state index contributed by atoms with van der Waals surface area (Å²) in [4.78, 5) is 13.9. The third kappa shape index (κ3) is 6.93. The van der Waals surface area contributed by atoms with Crippen molar-refractivity contribution in [2.45, 2.75) is 45.7 Å². The van der Waals surface area contributed by atoms with Crippen LogP contribution in [0, 0.1) is 0 Å². The minimum atomic E-state index is -0.164. The Bertz CT molecular complexity index is 220. The number of nitrogens with zero attached hydrogens (tertiary/aromatic N) is 1. The molecule has 0 rings (SSSR count). The molecule has 5 heteroatoms. The van der Waals surface area contributed by atoms with E-state index >= 15 is 0 Å². The van der Waals surface area contributed by atoms with Gasteiger partial charge in [-0.3, -0.25) is 9.69 Å². The summed E-state index contributed by atoms with van der Waals surface area (Å²) >= 11 is 0. The van der Waals surface area contributed by atoms with Crippen molar-refractivity contribution in [1.29, 1.82) is 0 Å². The van der Waals surface area contributed by atoms with E-state index in [0.29, 0.717) is 19.8 Å². The summed E-state index contributed by atoms with van der Waals surface area (Å²) in [5.41, 5.74) is 0. The molecular formula is C13H28N2O3. The topological polar surface area (TPSA) is 61.8 Å². The maximum absolute atomic E-state index is 12.0. The summed E-state index contributed by atoms with van der Waals surface area (Å²) in [5, 5.41) is 11.6. The van der Waals surface area contributed by atoms with Crippen LogP contribution in [0.1, 0.15) is 33.6 Å². The molecule has 0 aliphatic rings. The molecule has 0 fully saturated rings. The number of aliphatic hydroxyl groups is 1. The van der Waals surface area contributed by atoms with Gasteiger partial charge in [-0.05, 0) is 26.8 Å². The van der Waals surface area contributed by atoms with Gasteiger partial charge in [0.15, 0.2) is 0 Å². The number of likely N-dealkylation sites (N-methyl/N-ethyl adjacent to an activating group) is 1. The largest absolute Gasteiger partial charge is 0.394 e. The molecule has 0 heterocycles. The van der Waals surface area contributed by atoms with Gasteiger partial charge < -0.3 is 15.2 Å². The van der Waals surface area contributed by atoms with Crippen LogP contribution in [0.3, 0.4) is 0 Å². The predicted molar refractivity (Wildman–Crippen MR) is 72.5 cm³/mol. The number of carbonyl (C=O) groups excluding carboxylic acids is 1. The highest BCUT2D eigenvalue weighted by molar-refractivity contribution is 5.81. The fraction of sp³-hybridized carbons (Fsp3) is 0.923. The molecule has 0 aromatic rings. The zero-order valence-electron chi connectivity index (χ0n) is 12.1. The zero-order valence-corrected chi connectivity index (χ0v) is 12.1. The average molecular weight is 260 g/mol. The standard InChI is InChI=1S/C13H28N2O3/c1-5-12(6-2)14-13(17)11(3)15(4)7-9-18-10-8-16/h11-12,16H,5-10H2,1-4H3,(H,14,17). The van der Waals surface area contributed by atoms with E-state index in [4.69, 9.17) is 9.84 Å². The second-order valence-corrected chi connectivity index (χ2v) is 4.51. The Kier molecular flexibility index (Phi) is 9.92. The summed E-state index contributed by atoms with van der Waals surface area (Å²) in [6, 6.07) is 0.0994. The molecule has 0 aliphatic carbocycles. The van der Waals surface area contributed by atoms with Crippen LogP contribution in [0.2, 0.25) is 0 Å². The van der Waals surface area contributed by atoms with Crippen LogP contribution in [0.5, 0.6) is 0 Å². The van der Waals surface area contributed by atoms with Gasteiger partial charge in [0.05, 0.1) is 25.9 Å². The van der Waals surface area contributed by atoms with Crippen LogP contribution in [-0.2, 0) is 9.53 Å². The summed E-state index contributed by atoms with van der Waals surface area (Å²) in [7, 11) is 1.90. The molecule has 5 nitrogen and oxygen atoms in total. The molecule has 0 radical (unpaired) electrons. The molecule has 1 atom stereocenters. The van der Waals surface area contributed by atoms with Crippen molar-refractivity contribution >= 4 is 5.91 Å². The highest BCUT2D eigenvalue weighted by Crippen LogP contribution is 2.00. The highest BCUT2D eigenvalue weighted by atomic mass is 16.5. The van der Waals surface area contributed by atoms with Gasteiger partial charge in [0, 0.05) is 12.6 Å². The Morgan fingerprint density at radius 1 is 1.33 bits per heavy atom. The average Bonchev–Trinajstić information content (AvgIpc) is 2.39. The van der Waals surface area contributed by atoms with E-state index in [1.807, 2.05) is 18.9 Å². The van der Waals surface area contributed by atoms with E-state index in [1.165, 1.54) is 0 Å². The minimum Gasteiger partial charge on any atom is -0.394 e. The van der Waals surface area contributed by atoms with E-state index in [2.05, 4.69) is 19.2 Å². The van der Waals surface area contributed by atoms with E-state index in [-0.39, 0.29) is 24.6 Å². The first-order chi connectivity index (χ1) is 8.56. The van der Waals surface area contributed by atoms with E-state index in [0.717, 1.165) is 12.8 Å². The third-order valence-corrected chi connectivity index (χ3v) is 3.20. The molecule has 1 amide bonds. The number of nitrogens with one attached hydrogen (secondary N) is 1. The van der Waals surface area contributed by atoms with Crippen molar-refractivity contribution in [3.8, 4) is 0 Å². The molecule has 0 aromatic carbocycles. The Morgan fingerprint density at radius 3 is 2.44 bits per heavy atom. The lowest BCUT2D eigenvalue weighted by atomic mass is 10.1. The minimum absolute atomic E-state index is 0.0361. The third-order valence-electron chi connectivity index (χ3n) is 3.20. The smallest absolute Gasteiger partial charge is 0.237 e. The van der Waals surface area contributed by atoms with E-state index in [1.54, 1.807) is 0 Å². The molecule has 108 valence electrons. The Labute approximate surface area is 110 Å². The molecule has 0 saturated carbocycles. The van der Waals surface area contributed by atoms with Crippen LogP contribution in [0.15, 0.2) is 0 Å². The first kappa shape index (κ1) is 17.4. The fourth-order valence-electron chi connectivity index (χ4n) is 1.58. The molecule has 0 saturated heterocycles. The fourth-order valence-corrected chi connectivity index (χ4v) is 1.58. The van der Waals surface area contributed by atoms with Gasteiger partial charge in [0.25, 0.3) is 0 Å². The SMILES string of the molecule is CCC(CC)NC(=O)C(C)N(C)CCOCCO. The van der Waals surface area contributed by atoms with Crippen LogP contribution in [0.25, 0.3) is 0 Å². The number of aliphatic hydroxyl groups excluding tert-OH is 1. The molecule has 0 aromatic heterocycles. The number of amides is 1.